The number of aromatic nitrogens is 2. The molecule has 0 spiro atoms. The number of halogens is 1. The van der Waals surface area contributed by atoms with Gasteiger partial charge in [0.15, 0.2) is 0 Å². The molecule has 8 heteroatoms. The molecule has 0 saturated carbocycles. The minimum Gasteiger partial charge on any atom is -0.490 e. The number of ether oxygens (including phenoxy) is 2. The van der Waals surface area contributed by atoms with Crippen molar-refractivity contribution in [2.75, 3.05) is 26.4 Å². The lowest BCUT2D eigenvalue weighted by Gasteiger charge is -2.37. The van der Waals surface area contributed by atoms with Gasteiger partial charge in [-0.1, -0.05) is 23.4 Å². The van der Waals surface area contributed by atoms with Crippen LogP contribution in [-0.4, -0.2) is 52.9 Å². The molecule has 0 unspecified atom stereocenters. The third-order valence-corrected chi connectivity index (χ3v) is 6.53. The van der Waals surface area contributed by atoms with Crippen LogP contribution < -0.4 is 4.74 Å². The number of aliphatic hydroxyl groups excluding tert-OH is 2. The second-order valence-corrected chi connectivity index (χ2v) is 8.97. The van der Waals surface area contributed by atoms with Crippen LogP contribution in [0.15, 0.2) is 40.9 Å². The minimum atomic E-state index is -0.929. The average molecular weight is 471 g/mol. The Morgan fingerprint density at radius 1 is 1.15 bits per heavy atom. The summed E-state index contributed by atoms with van der Waals surface area (Å²) in [7, 11) is 0. The van der Waals surface area contributed by atoms with E-state index < -0.39 is 6.10 Å². The standard InChI is InChI=1S/C26H31FN2O5/c1-17-13-19(14-18(2)24(17)33-16-20(31)15-30)25-28-23(34-29-25)7-8-26(9-11-32-12-10-26)21-5-3-4-6-22(21)27/h3-6,13-14,20,30-31H,7-12,15-16H2,1-2H3/t20-/m0/s1. The highest BCUT2D eigenvalue weighted by Gasteiger charge is 2.36. The molecule has 0 amide bonds. The lowest BCUT2D eigenvalue weighted by Crippen LogP contribution is -2.35. The van der Waals surface area contributed by atoms with Crippen LogP contribution in [0.1, 0.15) is 41.8 Å². The third-order valence-electron chi connectivity index (χ3n) is 6.53. The van der Waals surface area contributed by atoms with Crippen molar-refractivity contribution in [3.63, 3.8) is 0 Å². The Bertz CT molecular complexity index is 1090. The maximum Gasteiger partial charge on any atom is 0.226 e. The lowest BCUT2D eigenvalue weighted by atomic mass is 9.71. The Morgan fingerprint density at radius 3 is 2.53 bits per heavy atom. The Morgan fingerprint density at radius 2 is 1.85 bits per heavy atom. The first-order valence-electron chi connectivity index (χ1n) is 11.6. The van der Waals surface area contributed by atoms with Gasteiger partial charge in [-0.25, -0.2) is 4.39 Å². The zero-order valence-electron chi connectivity index (χ0n) is 19.6. The van der Waals surface area contributed by atoms with Gasteiger partial charge in [0.1, 0.15) is 24.3 Å². The number of aryl methyl sites for hydroxylation is 3. The second kappa shape index (κ2) is 10.6. The summed E-state index contributed by atoms with van der Waals surface area (Å²) in [6.45, 7) is 4.67. The van der Waals surface area contributed by atoms with Crippen molar-refractivity contribution in [1.82, 2.24) is 10.1 Å². The molecule has 1 aliphatic rings. The fourth-order valence-electron chi connectivity index (χ4n) is 4.67. The van der Waals surface area contributed by atoms with E-state index in [0.29, 0.717) is 43.5 Å². The average Bonchev–Trinajstić information content (AvgIpc) is 3.32. The van der Waals surface area contributed by atoms with Crippen LogP contribution >= 0.6 is 0 Å². The van der Waals surface area contributed by atoms with Gasteiger partial charge in [0.05, 0.1) is 6.61 Å². The van der Waals surface area contributed by atoms with Crippen molar-refractivity contribution in [3.8, 4) is 17.1 Å². The Labute approximate surface area is 198 Å². The van der Waals surface area contributed by atoms with E-state index in [1.807, 2.05) is 38.1 Å². The molecule has 0 bridgehead atoms. The van der Waals surface area contributed by atoms with E-state index in [1.165, 1.54) is 6.07 Å². The molecular formula is C26H31FN2O5. The summed E-state index contributed by atoms with van der Waals surface area (Å²) >= 11 is 0. The molecule has 0 radical (unpaired) electrons. The fourth-order valence-corrected chi connectivity index (χ4v) is 4.67. The van der Waals surface area contributed by atoms with Crippen LogP contribution in [0.25, 0.3) is 11.4 Å². The largest absolute Gasteiger partial charge is 0.490 e. The van der Waals surface area contributed by atoms with Gasteiger partial charge in [0.2, 0.25) is 11.7 Å². The van der Waals surface area contributed by atoms with Gasteiger partial charge in [0.25, 0.3) is 0 Å². The number of rotatable bonds is 9. The molecule has 2 aromatic carbocycles. The molecule has 7 nitrogen and oxygen atoms in total. The highest BCUT2D eigenvalue weighted by molar-refractivity contribution is 5.61. The van der Waals surface area contributed by atoms with E-state index in [1.54, 1.807) is 6.07 Å². The first-order chi connectivity index (χ1) is 16.4. The van der Waals surface area contributed by atoms with E-state index in [9.17, 15) is 9.50 Å². The number of hydrogen-bond acceptors (Lipinski definition) is 7. The molecule has 34 heavy (non-hydrogen) atoms. The van der Waals surface area contributed by atoms with Gasteiger partial charge >= 0.3 is 0 Å². The molecule has 3 aromatic rings. The van der Waals surface area contributed by atoms with Crippen molar-refractivity contribution in [2.45, 2.75) is 51.0 Å². The molecule has 1 aliphatic heterocycles. The second-order valence-electron chi connectivity index (χ2n) is 8.97. The van der Waals surface area contributed by atoms with Gasteiger partial charge in [-0.3, -0.25) is 0 Å². The molecule has 1 fully saturated rings. The number of hydrogen-bond donors (Lipinski definition) is 2. The SMILES string of the molecule is Cc1cc(-c2noc(CCC3(c4ccccc4F)CCOCC3)n2)cc(C)c1OC[C@@H](O)CO. The normalized spacial score (nSPS) is 16.4. The van der Waals surface area contributed by atoms with E-state index in [4.69, 9.17) is 19.1 Å². The predicted octanol–water partition coefficient (Wildman–Crippen LogP) is 3.91. The summed E-state index contributed by atoms with van der Waals surface area (Å²) in [6, 6.07) is 10.8. The van der Waals surface area contributed by atoms with Gasteiger partial charge in [-0.05, 0) is 68.0 Å². The summed E-state index contributed by atoms with van der Waals surface area (Å²) < 4.78 is 31.4. The summed E-state index contributed by atoms with van der Waals surface area (Å²) in [5.41, 5.74) is 2.95. The predicted molar refractivity (Wildman–Crippen MR) is 124 cm³/mol. The Kier molecular flexibility index (Phi) is 7.60. The molecular weight excluding hydrogens is 439 g/mol. The molecule has 0 aliphatic carbocycles. The number of benzene rings is 2. The quantitative estimate of drug-likeness (QED) is 0.489. The monoisotopic (exact) mass is 470 g/mol. The maximum atomic E-state index is 14.7. The van der Waals surface area contributed by atoms with Crippen molar-refractivity contribution < 1.29 is 28.6 Å². The highest BCUT2D eigenvalue weighted by Crippen LogP contribution is 2.40. The highest BCUT2D eigenvalue weighted by atomic mass is 19.1. The minimum absolute atomic E-state index is 0.0126. The van der Waals surface area contributed by atoms with Gasteiger partial charge < -0.3 is 24.2 Å². The van der Waals surface area contributed by atoms with Gasteiger partial charge in [-0.2, -0.15) is 4.98 Å². The molecule has 1 aromatic heterocycles. The van der Waals surface area contributed by atoms with Gasteiger partial charge in [0, 0.05) is 30.6 Å². The molecule has 182 valence electrons. The van der Waals surface area contributed by atoms with Crippen LogP contribution in [0.5, 0.6) is 5.75 Å². The van der Waals surface area contributed by atoms with Crippen LogP contribution in [0, 0.1) is 19.7 Å². The molecule has 1 atom stereocenters. The molecule has 4 rings (SSSR count). The summed E-state index contributed by atoms with van der Waals surface area (Å²) in [6.07, 6.45) is 1.80. The van der Waals surface area contributed by atoms with Crippen LogP contribution in [0.4, 0.5) is 4.39 Å². The maximum absolute atomic E-state index is 14.7. The van der Waals surface area contributed by atoms with Crippen molar-refractivity contribution >= 4 is 0 Å². The third kappa shape index (κ3) is 5.29. The summed E-state index contributed by atoms with van der Waals surface area (Å²) in [4.78, 5) is 4.59. The summed E-state index contributed by atoms with van der Waals surface area (Å²) in [5, 5.41) is 22.7. The fraction of sp³-hybridized carbons (Fsp3) is 0.462. The lowest BCUT2D eigenvalue weighted by molar-refractivity contribution is 0.0448. The van der Waals surface area contributed by atoms with Crippen LogP contribution in [-0.2, 0) is 16.6 Å². The van der Waals surface area contributed by atoms with Crippen molar-refractivity contribution in [3.05, 3.63) is 64.8 Å². The Hall–Kier alpha value is -2.81. The van der Waals surface area contributed by atoms with Crippen LogP contribution in [0.3, 0.4) is 0 Å². The van der Waals surface area contributed by atoms with Crippen molar-refractivity contribution in [1.29, 1.82) is 0 Å². The first kappa shape index (κ1) is 24.3. The van der Waals surface area contributed by atoms with E-state index in [2.05, 4.69) is 10.1 Å². The zero-order chi connectivity index (χ0) is 24.1. The van der Waals surface area contributed by atoms with Crippen LogP contribution in [0.2, 0.25) is 0 Å². The first-order valence-corrected chi connectivity index (χ1v) is 11.6. The number of aliphatic hydroxyl groups is 2. The molecule has 2 heterocycles. The topological polar surface area (TPSA) is 97.8 Å². The molecule has 2 N–H and O–H groups in total. The van der Waals surface area contributed by atoms with E-state index >= 15 is 0 Å². The zero-order valence-corrected chi connectivity index (χ0v) is 19.6. The molecule has 1 saturated heterocycles. The van der Waals surface area contributed by atoms with Crippen molar-refractivity contribution in [2.24, 2.45) is 0 Å². The Balaban J connectivity index is 1.49. The van der Waals surface area contributed by atoms with Gasteiger partial charge in [-0.15, -0.1) is 0 Å². The van der Waals surface area contributed by atoms with E-state index in [-0.39, 0.29) is 24.4 Å². The van der Waals surface area contributed by atoms with E-state index in [0.717, 1.165) is 35.1 Å². The summed E-state index contributed by atoms with van der Waals surface area (Å²) in [5.74, 6) is 1.47. The number of nitrogens with zero attached hydrogens (tertiary/aromatic N) is 2. The smallest absolute Gasteiger partial charge is 0.226 e.